The van der Waals surface area contributed by atoms with Gasteiger partial charge in [-0.05, 0) is 40.0 Å². The van der Waals surface area contributed by atoms with E-state index in [1.54, 1.807) is 17.8 Å². The molecule has 122 valence electrons. The molecule has 0 aliphatic carbocycles. The van der Waals surface area contributed by atoms with Crippen molar-refractivity contribution < 1.29 is 4.79 Å². The normalized spacial score (nSPS) is 10.5. The second-order valence-electron chi connectivity index (χ2n) is 4.89. The predicted octanol–water partition coefficient (Wildman–Crippen LogP) is 4.89. The molecule has 0 unspecified atom stereocenters. The quantitative estimate of drug-likeness (QED) is 0.456. The van der Waals surface area contributed by atoms with Gasteiger partial charge < -0.3 is 0 Å². The van der Waals surface area contributed by atoms with Crippen molar-refractivity contribution in [1.29, 1.82) is 0 Å². The van der Waals surface area contributed by atoms with Crippen LogP contribution in [0.2, 0.25) is 0 Å². The average molecular weight is 420 g/mol. The number of amides is 1. The highest BCUT2D eigenvalue weighted by molar-refractivity contribution is 9.10. The predicted molar refractivity (Wildman–Crippen MR) is 103 cm³/mol. The zero-order valence-corrected chi connectivity index (χ0v) is 15.8. The molecule has 1 N–H and O–H groups in total. The highest BCUT2D eigenvalue weighted by Gasteiger charge is 2.12. The molecule has 0 aliphatic heterocycles. The van der Waals surface area contributed by atoms with Gasteiger partial charge in [0, 0.05) is 10.2 Å². The Kier molecular flexibility index (Phi) is 6.01. The van der Waals surface area contributed by atoms with E-state index in [0.717, 1.165) is 21.0 Å². The van der Waals surface area contributed by atoms with E-state index in [1.165, 1.54) is 16.9 Å². The van der Waals surface area contributed by atoms with Crippen LogP contribution in [0.1, 0.15) is 15.9 Å². The molecule has 0 aliphatic rings. The van der Waals surface area contributed by atoms with Crippen LogP contribution in [0.25, 0.3) is 0 Å². The molecule has 7 heteroatoms. The highest BCUT2D eigenvalue weighted by atomic mass is 79.9. The molecule has 0 bridgehead atoms. The van der Waals surface area contributed by atoms with Gasteiger partial charge in [-0.3, -0.25) is 10.1 Å². The summed E-state index contributed by atoms with van der Waals surface area (Å²) in [7, 11) is 0. The molecule has 1 heterocycles. The number of rotatable bonds is 6. The first kappa shape index (κ1) is 17.1. The molecule has 4 nitrogen and oxygen atoms in total. The minimum atomic E-state index is -0.195. The second-order valence-corrected chi connectivity index (χ2v) is 8.07. The van der Waals surface area contributed by atoms with E-state index in [2.05, 4.69) is 43.6 Å². The zero-order valence-electron chi connectivity index (χ0n) is 12.6. The summed E-state index contributed by atoms with van der Waals surface area (Å²) in [4.78, 5) is 12.2. The van der Waals surface area contributed by atoms with Crippen LogP contribution < -0.4 is 5.32 Å². The fourth-order valence-corrected chi connectivity index (χ4v) is 4.30. The molecular weight excluding hydrogens is 406 g/mol. The standard InChI is InChI=1S/C17H14BrN3OS2/c18-14-9-5-4-8-13(14)15(22)19-16-20-21-17(24-16)23-11-10-12-6-2-1-3-7-12/h1-9H,10-11H2,(H,19,20,22). The van der Waals surface area contributed by atoms with E-state index in [4.69, 9.17) is 0 Å². The van der Waals surface area contributed by atoms with Crippen LogP contribution in [0, 0.1) is 0 Å². The molecule has 3 aromatic rings. The maximum atomic E-state index is 12.2. The Bertz CT molecular complexity index is 823. The number of anilines is 1. The first-order valence-electron chi connectivity index (χ1n) is 7.28. The number of halogens is 1. The van der Waals surface area contributed by atoms with Crippen molar-refractivity contribution in [2.75, 3.05) is 11.1 Å². The third-order valence-corrected chi connectivity index (χ3v) is 5.87. The summed E-state index contributed by atoms with van der Waals surface area (Å²) < 4.78 is 1.61. The van der Waals surface area contributed by atoms with Gasteiger partial charge in [-0.2, -0.15) is 0 Å². The maximum Gasteiger partial charge on any atom is 0.258 e. The molecular formula is C17H14BrN3OS2. The van der Waals surface area contributed by atoms with Crippen molar-refractivity contribution in [3.63, 3.8) is 0 Å². The van der Waals surface area contributed by atoms with Crippen molar-refractivity contribution in [3.05, 3.63) is 70.2 Å². The molecule has 24 heavy (non-hydrogen) atoms. The number of nitrogens with zero attached hydrogens (tertiary/aromatic N) is 2. The molecule has 0 saturated heterocycles. The first-order chi connectivity index (χ1) is 11.7. The van der Waals surface area contributed by atoms with Crippen LogP contribution in [0.3, 0.4) is 0 Å². The second kappa shape index (κ2) is 8.41. The third-order valence-electron chi connectivity index (χ3n) is 3.20. The monoisotopic (exact) mass is 419 g/mol. The van der Waals surface area contributed by atoms with Gasteiger partial charge in [-0.15, -0.1) is 10.2 Å². The Hall–Kier alpha value is -1.70. The Labute approximate surface area is 156 Å². The van der Waals surface area contributed by atoms with Gasteiger partial charge in [0.2, 0.25) is 5.13 Å². The van der Waals surface area contributed by atoms with Crippen LogP contribution in [0.5, 0.6) is 0 Å². The average Bonchev–Trinajstić information content (AvgIpc) is 3.03. The van der Waals surface area contributed by atoms with Gasteiger partial charge in [0.15, 0.2) is 4.34 Å². The first-order valence-corrected chi connectivity index (χ1v) is 9.88. The van der Waals surface area contributed by atoms with E-state index in [9.17, 15) is 4.79 Å². The third kappa shape index (κ3) is 4.66. The molecule has 1 aromatic heterocycles. The molecule has 3 rings (SSSR count). The van der Waals surface area contributed by atoms with Gasteiger partial charge in [0.1, 0.15) is 0 Å². The van der Waals surface area contributed by atoms with E-state index in [0.29, 0.717) is 10.7 Å². The summed E-state index contributed by atoms with van der Waals surface area (Å²) >= 11 is 6.41. The lowest BCUT2D eigenvalue weighted by Gasteiger charge is -2.02. The lowest BCUT2D eigenvalue weighted by Crippen LogP contribution is -2.12. The summed E-state index contributed by atoms with van der Waals surface area (Å²) in [5, 5.41) is 11.5. The molecule has 0 radical (unpaired) electrons. The topological polar surface area (TPSA) is 54.9 Å². The zero-order chi connectivity index (χ0) is 16.8. The van der Waals surface area contributed by atoms with E-state index in [-0.39, 0.29) is 5.91 Å². The molecule has 1 amide bonds. The van der Waals surface area contributed by atoms with E-state index < -0.39 is 0 Å². The van der Waals surface area contributed by atoms with Crippen molar-refractivity contribution in [2.45, 2.75) is 10.8 Å². The van der Waals surface area contributed by atoms with Crippen LogP contribution in [-0.4, -0.2) is 21.9 Å². The Morgan fingerprint density at radius 3 is 2.62 bits per heavy atom. The number of aromatic nitrogens is 2. The Balaban J connectivity index is 1.54. The summed E-state index contributed by atoms with van der Waals surface area (Å²) in [5.74, 6) is 0.732. The summed E-state index contributed by atoms with van der Waals surface area (Å²) in [6, 6.07) is 17.6. The fraction of sp³-hybridized carbons (Fsp3) is 0.118. The SMILES string of the molecule is O=C(Nc1nnc(SCCc2ccccc2)s1)c1ccccc1Br. The summed E-state index contributed by atoms with van der Waals surface area (Å²) in [6.45, 7) is 0. The summed E-state index contributed by atoms with van der Waals surface area (Å²) in [5.41, 5.74) is 1.88. The number of thioether (sulfide) groups is 1. The number of carbonyl (C=O) groups is 1. The maximum absolute atomic E-state index is 12.2. The van der Waals surface area contributed by atoms with Gasteiger partial charge in [0.05, 0.1) is 5.56 Å². The van der Waals surface area contributed by atoms with Crippen LogP contribution in [0.15, 0.2) is 63.4 Å². The molecule has 0 saturated carbocycles. The highest BCUT2D eigenvalue weighted by Crippen LogP contribution is 2.27. The van der Waals surface area contributed by atoms with Crippen molar-refractivity contribution >= 4 is 50.1 Å². The summed E-state index contributed by atoms with van der Waals surface area (Å²) in [6.07, 6.45) is 0.976. The van der Waals surface area contributed by atoms with Crippen molar-refractivity contribution in [3.8, 4) is 0 Å². The van der Waals surface area contributed by atoms with E-state index >= 15 is 0 Å². The number of nitrogens with one attached hydrogen (secondary N) is 1. The number of aryl methyl sites for hydroxylation is 1. The molecule has 0 fully saturated rings. The smallest absolute Gasteiger partial charge is 0.258 e. The van der Waals surface area contributed by atoms with Gasteiger partial charge >= 0.3 is 0 Å². The number of hydrogen-bond acceptors (Lipinski definition) is 5. The number of benzene rings is 2. The van der Waals surface area contributed by atoms with Crippen molar-refractivity contribution in [1.82, 2.24) is 10.2 Å². The van der Waals surface area contributed by atoms with Crippen LogP contribution in [0.4, 0.5) is 5.13 Å². The Morgan fingerprint density at radius 1 is 1.08 bits per heavy atom. The molecule has 2 aromatic carbocycles. The molecule has 0 spiro atoms. The van der Waals surface area contributed by atoms with Gasteiger partial charge in [-0.1, -0.05) is 65.6 Å². The number of carbonyl (C=O) groups excluding carboxylic acids is 1. The Morgan fingerprint density at radius 2 is 1.83 bits per heavy atom. The lowest BCUT2D eigenvalue weighted by molar-refractivity contribution is 0.102. The van der Waals surface area contributed by atoms with E-state index in [1.807, 2.05) is 36.4 Å². The minimum Gasteiger partial charge on any atom is -0.296 e. The van der Waals surface area contributed by atoms with Crippen LogP contribution >= 0.6 is 39.0 Å². The molecule has 0 atom stereocenters. The minimum absolute atomic E-state index is 0.195. The van der Waals surface area contributed by atoms with Crippen molar-refractivity contribution in [2.24, 2.45) is 0 Å². The van der Waals surface area contributed by atoms with Gasteiger partial charge in [-0.25, -0.2) is 0 Å². The number of hydrogen-bond donors (Lipinski definition) is 1. The lowest BCUT2D eigenvalue weighted by atomic mass is 10.2. The fourth-order valence-electron chi connectivity index (χ4n) is 2.03. The van der Waals surface area contributed by atoms with Crippen LogP contribution in [-0.2, 0) is 6.42 Å². The van der Waals surface area contributed by atoms with Gasteiger partial charge in [0.25, 0.3) is 5.91 Å². The largest absolute Gasteiger partial charge is 0.296 e.